The summed E-state index contributed by atoms with van der Waals surface area (Å²) in [5.41, 5.74) is 0.615. The molecular weight excluding hydrogens is 456 g/mol. The fraction of sp³-hybridized carbons (Fsp3) is 0.577. The normalized spacial score (nSPS) is 35.1. The molecule has 34 heavy (non-hydrogen) atoms. The van der Waals surface area contributed by atoms with Crippen LogP contribution in [0.3, 0.4) is 0 Å². The van der Waals surface area contributed by atoms with Gasteiger partial charge in [0, 0.05) is 18.2 Å². The molecule has 0 radical (unpaired) electrons. The minimum Gasteiger partial charge on any atom is -0.504 e. The molecule has 3 N–H and O–H groups in total. The van der Waals surface area contributed by atoms with Crippen molar-refractivity contribution < 1.29 is 24.2 Å². The first-order valence-electron chi connectivity index (χ1n) is 12.3. The number of furan rings is 1. The van der Waals surface area contributed by atoms with Crippen molar-refractivity contribution in [1.82, 2.24) is 10.2 Å². The number of amides is 1. The van der Waals surface area contributed by atoms with E-state index in [9.17, 15) is 15.0 Å². The van der Waals surface area contributed by atoms with Crippen LogP contribution in [0.2, 0.25) is 0 Å². The van der Waals surface area contributed by atoms with Crippen LogP contribution in [0.4, 0.5) is 0 Å². The van der Waals surface area contributed by atoms with Crippen molar-refractivity contribution in [2.75, 3.05) is 13.1 Å². The Morgan fingerprint density at radius 2 is 2.06 bits per heavy atom. The summed E-state index contributed by atoms with van der Waals surface area (Å²) in [6.07, 6.45) is 6.72. The second-order valence-corrected chi connectivity index (χ2v) is 10.8. The smallest absolute Gasteiger partial charge is 0.227 e. The molecule has 2 aromatic rings. The molecule has 1 spiro atoms. The summed E-state index contributed by atoms with van der Waals surface area (Å²) in [5.74, 6) is 1.91. The number of benzene rings is 1. The van der Waals surface area contributed by atoms with Gasteiger partial charge in [0.15, 0.2) is 11.5 Å². The summed E-state index contributed by atoms with van der Waals surface area (Å²) in [4.78, 5) is 15.4. The molecule has 0 unspecified atom stereocenters. The Kier molecular flexibility index (Phi) is 5.00. The number of halogens is 1. The van der Waals surface area contributed by atoms with Crippen LogP contribution >= 0.6 is 12.4 Å². The van der Waals surface area contributed by atoms with E-state index in [0.717, 1.165) is 37.4 Å². The van der Waals surface area contributed by atoms with Gasteiger partial charge in [0.05, 0.1) is 29.7 Å². The number of ether oxygens (including phenoxy) is 1. The molecular formula is C26H31ClN2O5. The first kappa shape index (κ1) is 22.3. The van der Waals surface area contributed by atoms with Gasteiger partial charge in [-0.3, -0.25) is 9.69 Å². The first-order chi connectivity index (χ1) is 16.0. The maximum absolute atomic E-state index is 12.9. The maximum Gasteiger partial charge on any atom is 0.227 e. The van der Waals surface area contributed by atoms with Gasteiger partial charge in [0.25, 0.3) is 0 Å². The Morgan fingerprint density at radius 1 is 1.21 bits per heavy atom. The number of nitrogens with zero attached hydrogens (tertiary/aromatic N) is 1. The fourth-order valence-electron chi connectivity index (χ4n) is 7.46. The van der Waals surface area contributed by atoms with Crippen LogP contribution < -0.4 is 10.1 Å². The summed E-state index contributed by atoms with van der Waals surface area (Å²) < 4.78 is 11.8. The van der Waals surface area contributed by atoms with E-state index in [1.54, 1.807) is 24.5 Å². The Labute approximate surface area is 204 Å². The number of carbonyl (C=O) groups excluding carboxylic acids is 1. The van der Waals surface area contributed by atoms with Gasteiger partial charge >= 0.3 is 0 Å². The SMILES string of the molecule is Cl.O=C(Cc1ccco1)N[C@H]1CC[C@@]2(O)[C@H]3Cc4ccc(O)c5c4[C@@]2(CCN3CC2CC2)[C@H]1O5. The Morgan fingerprint density at radius 3 is 2.82 bits per heavy atom. The molecule has 2 aliphatic heterocycles. The molecule has 5 aliphatic rings. The maximum atomic E-state index is 12.9. The molecule has 8 heteroatoms. The Balaban J connectivity index is 0.00000217. The number of phenolic OH excluding ortho intramolecular Hbond substituents is 1. The minimum atomic E-state index is -0.931. The van der Waals surface area contributed by atoms with E-state index in [0.29, 0.717) is 24.4 Å². The van der Waals surface area contributed by atoms with E-state index >= 15 is 0 Å². The van der Waals surface area contributed by atoms with E-state index in [1.165, 1.54) is 18.4 Å². The summed E-state index contributed by atoms with van der Waals surface area (Å²) in [6, 6.07) is 7.11. The van der Waals surface area contributed by atoms with Gasteiger partial charge in [-0.05, 0) is 74.8 Å². The minimum absolute atomic E-state index is 0. The van der Waals surface area contributed by atoms with Crippen LogP contribution in [0.1, 0.15) is 49.0 Å². The molecule has 182 valence electrons. The topological polar surface area (TPSA) is 95.2 Å². The van der Waals surface area contributed by atoms with E-state index in [-0.39, 0.29) is 42.6 Å². The van der Waals surface area contributed by atoms with Gasteiger partial charge < -0.3 is 24.7 Å². The average molecular weight is 487 g/mol. The number of nitrogens with one attached hydrogen (secondary N) is 1. The predicted molar refractivity (Wildman–Crippen MR) is 126 cm³/mol. The van der Waals surface area contributed by atoms with Gasteiger partial charge in [0.1, 0.15) is 11.9 Å². The summed E-state index contributed by atoms with van der Waals surface area (Å²) in [5, 5.41) is 26.3. The van der Waals surface area contributed by atoms with Crippen LogP contribution in [-0.2, 0) is 23.1 Å². The molecule has 2 bridgehead atoms. The Hall–Kier alpha value is -2.22. The second kappa shape index (κ2) is 7.64. The van der Waals surface area contributed by atoms with Crippen LogP contribution in [0.25, 0.3) is 0 Å². The molecule has 1 saturated heterocycles. The van der Waals surface area contributed by atoms with Gasteiger partial charge in [-0.2, -0.15) is 0 Å². The highest BCUT2D eigenvalue weighted by Gasteiger charge is 2.73. The van der Waals surface area contributed by atoms with Crippen molar-refractivity contribution in [3.8, 4) is 11.5 Å². The monoisotopic (exact) mass is 486 g/mol. The summed E-state index contributed by atoms with van der Waals surface area (Å²) in [6.45, 7) is 1.96. The largest absolute Gasteiger partial charge is 0.504 e. The standard InChI is InChI=1S/C26H30N2O5.ClH/c29-19-6-5-16-12-20-26(31)8-7-18(27-21(30)13-17-2-1-11-32-17)24-25(26,22(16)23(19)33-24)9-10-28(20)14-15-3-4-15;/h1-2,5-6,11,15,18,20,24,29,31H,3-4,7-10,12-14H2,(H,27,30);1H/t18-,20+,24-,25-,26+;/m0./s1. The average Bonchev–Trinajstić information content (AvgIpc) is 3.31. The molecule has 1 aromatic heterocycles. The second-order valence-electron chi connectivity index (χ2n) is 10.8. The Bertz CT molecular complexity index is 1120. The van der Waals surface area contributed by atoms with Crippen molar-refractivity contribution in [1.29, 1.82) is 0 Å². The quantitative estimate of drug-likeness (QED) is 0.601. The van der Waals surface area contributed by atoms with Crippen molar-refractivity contribution in [2.45, 2.75) is 74.1 Å². The number of piperidine rings is 1. The molecule has 3 fully saturated rings. The zero-order valence-corrected chi connectivity index (χ0v) is 19.9. The lowest BCUT2D eigenvalue weighted by molar-refractivity contribution is -0.192. The highest BCUT2D eigenvalue weighted by Crippen LogP contribution is 2.65. The molecule has 3 aliphatic carbocycles. The number of phenols is 1. The van der Waals surface area contributed by atoms with Crippen molar-refractivity contribution in [2.24, 2.45) is 5.92 Å². The molecule has 1 amide bonds. The fourth-order valence-corrected chi connectivity index (χ4v) is 7.46. The zero-order chi connectivity index (χ0) is 22.4. The number of hydrogen-bond acceptors (Lipinski definition) is 6. The lowest BCUT2D eigenvalue weighted by Crippen LogP contribution is -2.78. The third-order valence-corrected chi connectivity index (χ3v) is 9.02. The summed E-state index contributed by atoms with van der Waals surface area (Å²) >= 11 is 0. The van der Waals surface area contributed by atoms with Crippen molar-refractivity contribution >= 4 is 18.3 Å². The number of aliphatic hydroxyl groups is 1. The molecule has 7 nitrogen and oxygen atoms in total. The van der Waals surface area contributed by atoms with Gasteiger partial charge in [-0.1, -0.05) is 6.07 Å². The van der Waals surface area contributed by atoms with Crippen LogP contribution in [0.5, 0.6) is 11.5 Å². The summed E-state index contributed by atoms with van der Waals surface area (Å²) in [7, 11) is 0. The number of rotatable bonds is 5. The number of aromatic hydroxyl groups is 1. The third kappa shape index (κ3) is 2.93. The lowest BCUT2D eigenvalue weighted by atomic mass is 9.48. The molecule has 3 heterocycles. The van der Waals surface area contributed by atoms with E-state index in [1.807, 2.05) is 6.07 Å². The van der Waals surface area contributed by atoms with Gasteiger partial charge in [0.2, 0.25) is 5.91 Å². The molecule has 2 saturated carbocycles. The van der Waals surface area contributed by atoms with Crippen LogP contribution in [0.15, 0.2) is 34.9 Å². The van der Waals surface area contributed by atoms with Crippen molar-refractivity contribution in [3.05, 3.63) is 47.4 Å². The lowest BCUT2D eigenvalue weighted by Gasteiger charge is -2.64. The van der Waals surface area contributed by atoms with E-state index in [2.05, 4.69) is 10.2 Å². The van der Waals surface area contributed by atoms with E-state index in [4.69, 9.17) is 9.15 Å². The highest BCUT2D eigenvalue weighted by atomic mass is 35.5. The van der Waals surface area contributed by atoms with Crippen molar-refractivity contribution in [3.63, 3.8) is 0 Å². The zero-order valence-electron chi connectivity index (χ0n) is 19.0. The predicted octanol–water partition coefficient (Wildman–Crippen LogP) is 2.70. The van der Waals surface area contributed by atoms with Crippen LogP contribution in [0, 0.1) is 5.92 Å². The number of carbonyl (C=O) groups is 1. The third-order valence-electron chi connectivity index (χ3n) is 9.02. The van der Waals surface area contributed by atoms with Gasteiger partial charge in [-0.15, -0.1) is 12.4 Å². The highest BCUT2D eigenvalue weighted by molar-refractivity contribution is 5.85. The first-order valence-corrected chi connectivity index (χ1v) is 12.3. The van der Waals surface area contributed by atoms with Crippen LogP contribution in [-0.4, -0.2) is 57.9 Å². The van der Waals surface area contributed by atoms with Gasteiger partial charge in [-0.25, -0.2) is 0 Å². The molecule has 5 atom stereocenters. The number of likely N-dealkylation sites (tertiary alicyclic amines) is 1. The van der Waals surface area contributed by atoms with E-state index < -0.39 is 17.1 Å². The number of hydrogen-bond donors (Lipinski definition) is 3. The molecule has 1 aromatic carbocycles. The molecule has 7 rings (SSSR count).